The van der Waals surface area contributed by atoms with E-state index in [2.05, 4.69) is 5.32 Å². The van der Waals surface area contributed by atoms with Crippen LogP contribution in [0.3, 0.4) is 0 Å². The van der Waals surface area contributed by atoms with Gasteiger partial charge in [0.05, 0.1) is 31.4 Å². The van der Waals surface area contributed by atoms with Gasteiger partial charge >= 0.3 is 0 Å². The maximum atomic E-state index is 12.2. The minimum absolute atomic E-state index is 0.0405. The van der Waals surface area contributed by atoms with E-state index in [0.717, 1.165) is 12.2 Å². The second-order valence-corrected chi connectivity index (χ2v) is 6.41. The lowest BCUT2D eigenvalue weighted by atomic mass is 10.1. The van der Waals surface area contributed by atoms with E-state index >= 15 is 0 Å². The molecule has 0 bridgehead atoms. The molecule has 0 radical (unpaired) electrons. The summed E-state index contributed by atoms with van der Waals surface area (Å²) in [6.45, 7) is 0.709. The highest BCUT2D eigenvalue weighted by atomic mass is 32.2. The van der Waals surface area contributed by atoms with Crippen LogP contribution in [-0.2, 0) is 16.1 Å². The summed E-state index contributed by atoms with van der Waals surface area (Å²) >= 11 is 1.67. The molecular weight excluding hydrogens is 304 g/mol. The molecule has 0 spiro atoms. The lowest BCUT2D eigenvalue weighted by Gasteiger charge is -2.19. The van der Waals surface area contributed by atoms with Crippen LogP contribution < -0.4 is 5.32 Å². The third-order valence-electron chi connectivity index (χ3n) is 3.75. The first-order valence-corrected chi connectivity index (χ1v) is 8.73. The summed E-state index contributed by atoms with van der Waals surface area (Å²) in [6, 6.07) is 3.34. The minimum Gasteiger partial charge on any atom is -0.467 e. The molecule has 7 heteroatoms. The molecule has 2 heterocycles. The van der Waals surface area contributed by atoms with E-state index in [1.807, 2.05) is 12.3 Å². The van der Waals surface area contributed by atoms with Crippen LogP contribution in [0.2, 0.25) is 0 Å². The number of carbonyl (C=O) groups is 2. The predicted octanol–water partition coefficient (Wildman–Crippen LogP) is 0.858. The fourth-order valence-electron chi connectivity index (χ4n) is 2.48. The molecule has 1 aromatic rings. The van der Waals surface area contributed by atoms with Crippen molar-refractivity contribution in [3.8, 4) is 0 Å². The van der Waals surface area contributed by atoms with E-state index < -0.39 is 0 Å². The average Bonchev–Trinajstić information content (AvgIpc) is 3.14. The zero-order valence-electron chi connectivity index (χ0n) is 12.7. The van der Waals surface area contributed by atoms with Crippen molar-refractivity contribution in [3.05, 3.63) is 24.2 Å². The van der Waals surface area contributed by atoms with E-state index in [1.165, 1.54) is 0 Å². The molecular formula is C15H22N2O4S. The van der Waals surface area contributed by atoms with Gasteiger partial charge in [0.25, 0.3) is 0 Å². The van der Waals surface area contributed by atoms with Crippen molar-refractivity contribution in [2.45, 2.75) is 25.4 Å². The van der Waals surface area contributed by atoms with Crippen LogP contribution in [-0.4, -0.2) is 53.0 Å². The highest BCUT2D eigenvalue weighted by molar-refractivity contribution is 7.98. The molecule has 6 nitrogen and oxygen atoms in total. The molecule has 1 fully saturated rings. The van der Waals surface area contributed by atoms with Gasteiger partial charge in [0.2, 0.25) is 11.8 Å². The van der Waals surface area contributed by atoms with Gasteiger partial charge in [0.1, 0.15) is 5.76 Å². The number of nitrogens with zero attached hydrogens (tertiary/aromatic N) is 1. The van der Waals surface area contributed by atoms with Crippen LogP contribution in [0.4, 0.5) is 0 Å². The van der Waals surface area contributed by atoms with Crippen molar-refractivity contribution < 1.29 is 19.1 Å². The first-order valence-electron chi connectivity index (χ1n) is 7.34. The summed E-state index contributed by atoms with van der Waals surface area (Å²) in [5.41, 5.74) is 0. The fourth-order valence-corrected chi connectivity index (χ4v) is 3.00. The number of carbonyl (C=O) groups excluding carboxylic acids is 2. The SMILES string of the molecule is CSCC[C@@H](CO)NC(=O)[C@H]1CC(=O)N(Cc2ccco2)C1. The summed E-state index contributed by atoms with van der Waals surface area (Å²) < 4.78 is 5.24. The molecule has 2 atom stereocenters. The first kappa shape index (κ1) is 16.9. The van der Waals surface area contributed by atoms with Gasteiger partial charge in [-0.15, -0.1) is 0 Å². The van der Waals surface area contributed by atoms with Crippen molar-refractivity contribution >= 4 is 23.6 Å². The zero-order valence-corrected chi connectivity index (χ0v) is 13.5. The Morgan fingerprint density at radius 1 is 1.64 bits per heavy atom. The Bertz CT molecular complexity index is 492. The number of thioether (sulfide) groups is 1. The summed E-state index contributed by atoms with van der Waals surface area (Å²) in [5, 5.41) is 12.1. The summed E-state index contributed by atoms with van der Waals surface area (Å²) in [6.07, 6.45) is 4.49. The number of aliphatic hydroxyl groups is 1. The van der Waals surface area contributed by atoms with Gasteiger partial charge in [0.15, 0.2) is 0 Å². The number of amides is 2. The van der Waals surface area contributed by atoms with Crippen molar-refractivity contribution in [2.24, 2.45) is 5.92 Å². The molecule has 1 aliphatic rings. The standard InChI is InChI=1S/C15H22N2O4S/c1-22-6-4-12(10-18)16-15(20)11-7-14(19)17(8-11)9-13-3-2-5-21-13/h2-3,5,11-12,18H,4,6-10H2,1H3,(H,16,20)/t11-,12-/m0/s1. The van der Waals surface area contributed by atoms with Gasteiger partial charge in [-0.3, -0.25) is 9.59 Å². The molecule has 2 N–H and O–H groups in total. The summed E-state index contributed by atoms with van der Waals surface area (Å²) in [7, 11) is 0. The maximum Gasteiger partial charge on any atom is 0.225 e. The van der Waals surface area contributed by atoms with Gasteiger partial charge in [0, 0.05) is 13.0 Å². The number of hydrogen-bond acceptors (Lipinski definition) is 5. The van der Waals surface area contributed by atoms with Crippen molar-refractivity contribution in [1.82, 2.24) is 10.2 Å². The minimum atomic E-state index is -0.356. The number of rotatable bonds is 8. The van der Waals surface area contributed by atoms with Crippen LogP contribution in [0.25, 0.3) is 0 Å². The molecule has 1 aromatic heterocycles. The third-order valence-corrected chi connectivity index (χ3v) is 4.39. The predicted molar refractivity (Wildman–Crippen MR) is 84.2 cm³/mol. The number of nitrogens with one attached hydrogen (secondary N) is 1. The van der Waals surface area contributed by atoms with E-state index in [-0.39, 0.29) is 36.8 Å². The molecule has 2 amide bonds. The highest BCUT2D eigenvalue weighted by Gasteiger charge is 2.35. The first-order chi connectivity index (χ1) is 10.6. The van der Waals surface area contributed by atoms with E-state index in [9.17, 15) is 14.7 Å². The van der Waals surface area contributed by atoms with Crippen molar-refractivity contribution in [3.63, 3.8) is 0 Å². The number of aliphatic hydroxyl groups excluding tert-OH is 1. The average molecular weight is 326 g/mol. The zero-order chi connectivity index (χ0) is 15.9. The smallest absolute Gasteiger partial charge is 0.225 e. The third kappa shape index (κ3) is 4.51. The van der Waals surface area contributed by atoms with Crippen LogP contribution in [0, 0.1) is 5.92 Å². The summed E-state index contributed by atoms with van der Waals surface area (Å²) in [5.74, 6) is 1.03. The van der Waals surface area contributed by atoms with Gasteiger partial charge < -0.3 is 19.7 Å². The lowest BCUT2D eigenvalue weighted by Crippen LogP contribution is -2.42. The number of likely N-dealkylation sites (tertiary alicyclic amines) is 1. The van der Waals surface area contributed by atoms with Crippen LogP contribution >= 0.6 is 11.8 Å². The van der Waals surface area contributed by atoms with E-state index in [4.69, 9.17) is 4.42 Å². The summed E-state index contributed by atoms with van der Waals surface area (Å²) in [4.78, 5) is 25.9. The molecule has 1 saturated heterocycles. The largest absolute Gasteiger partial charge is 0.467 e. The van der Waals surface area contributed by atoms with Crippen LogP contribution in [0.5, 0.6) is 0 Å². The van der Waals surface area contributed by atoms with Crippen LogP contribution in [0.15, 0.2) is 22.8 Å². The van der Waals surface area contributed by atoms with Gasteiger partial charge in [-0.1, -0.05) is 0 Å². The molecule has 22 heavy (non-hydrogen) atoms. The van der Waals surface area contributed by atoms with Gasteiger partial charge in [-0.25, -0.2) is 0 Å². The normalized spacial score (nSPS) is 19.5. The monoisotopic (exact) mass is 326 g/mol. The second-order valence-electron chi connectivity index (χ2n) is 5.42. The molecule has 122 valence electrons. The molecule has 0 saturated carbocycles. The van der Waals surface area contributed by atoms with E-state index in [1.54, 1.807) is 29.0 Å². The van der Waals surface area contributed by atoms with Gasteiger partial charge in [-0.05, 0) is 30.6 Å². The Balaban J connectivity index is 1.85. The molecule has 2 rings (SSSR count). The molecule has 0 unspecified atom stereocenters. The quantitative estimate of drug-likeness (QED) is 0.740. The maximum absolute atomic E-state index is 12.2. The Morgan fingerprint density at radius 2 is 2.45 bits per heavy atom. The van der Waals surface area contributed by atoms with E-state index in [0.29, 0.717) is 18.8 Å². The molecule has 1 aliphatic heterocycles. The van der Waals surface area contributed by atoms with Crippen LogP contribution in [0.1, 0.15) is 18.6 Å². The lowest BCUT2D eigenvalue weighted by molar-refractivity contribution is -0.129. The Hall–Kier alpha value is -1.47. The second kappa shape index (κ2) is 8.24. The fraction of sp³-hybridized carbons (Fsp3) is 0.600. The number of hydrogen-bond donors (Lipinski definition) is 2. The Morgan fingerprint density at radius 3 is 3.09 bits per heavy atom. The van der Waals surface area contributed by atoms with Crippen molar-refractivity contribution in [1.29, 1.82) is 0 Å². The topological polar surface area (TPSA) is 82.8 Å². The molecule has 0 aromatic carbocycles. The Kier molecular flexibility index (Phi) is 6.33. The Labute approximate surface area is 134 Å². The number of furan rings is 1. The molecule has 0 aliphatic carbocycles. The van der Waals surface area contributed by atoms with Gasteiger partial charge in [-0.2, -0.15) is 11.8 Å². The van der Waals surface area contributed by atoms with Crippen molar-refractivity contribution in [2.75, 3.05) is 25.2 Å². The highest BCUT2D eigenvalue weighted by Crippen LogP contribution is 2.21.